The maximum atomic E-state index is 12.4. The first-order valence-corrected chi connectivity index (χ1v) is 9.27. The van der Waals surface area contributed by atoms with Crippen LogP contribution in [0.25, 0.3) is 0 Å². The Balaban J connectivity index is 2.07. The van der Waals surface area contributed by atoms with Gasteiger partial charge in [-0.05, 0) is 31.2 Å². The summed E-state index contributed by atoms with van der Waals surface area (Å²) < 4.78 is 41.8. The van der Waals surface area contributed by atoms with Gasteiger partial charge >= 0.3 is 6.18 Å². The van der Waals surface area contributed by atoms with Crippen LogP contribution in [0.15, 0.2) is 11.1 Å². The standard InChI is InChI=1S/C16H22F3N3O2S/c1-11-10-12(22-6-8-24-9-7-22)21-15(25-2)13(11)14(23)20-5-3-4-16(17,18)19/h10H,3-9H2,1-2H3,(H,20,23). The number of nitrogens with zero attached hydrogens (tertiary/aromatic N) is 2. The van der Waals surface area contributed by atoms with Crippen molar-refractivity contribution in [1.29, 1.82) is 0 Å². The lowest BCUT2D eigenvalue weighted by atomic mass is 10.1. The highest BCUT2D eigenvalue weighted by Crippen LogP contribution is 2.27. The van der Waals surface area contributed by atoms with Gasteiger partial charge in [0, 0.05) is 26.1 Å². The lowest BCUT2D eigenvalue weighted by Gasteiger charge is -2.28. The zero-order chi connectivity index (χ0) is 18.4. The van der Waals surface area contributed by atoms with Crippen molar-refractivity contribution in [3.63, 3.8) is 0 Å². The van der Waals surface area contributed by atoms with Crippen LogP contribution in [-0.2, 0) is 4.74 Å². The maximum absolute atomic E-state index is 12.4. The van der Waals surface area contributed by atoms with E-state index in [9.17, 15) is 18.0 Å². The Morgan fingerprint density at radius 3 is 2.68 bits per heavy atom. The molecule has 2 heterocycles. The quantitative estimate of drug-likeness (QED) is 0.610. The van der Waals surface area contributed by atoms with Crippen molar-refractivity contribution in [2.45, 2.75) is 31.0 Å². The first-order valence-electron chi connectivity index (χ1n) is 8.05. The Morgan fingerprint density at radius 2 is 2.08 bits per heavy atom. The minimum atomic E-state index is -4.20. The second-order valence-corrected chi connectivity index (χ2v) is 6.55. The number of hydrogen-bond donors (Lipinski definition) is 1. The van der Waals surface area contributed by atoms with Crippen LogP contribution < -0.4 is 10.2 Å². The average Bonchev–Trinajstić information content (AvgIpc) is 2.57. The predicted molar refractivity (Wildman–Crippen MR) is 91.4 cm³/mol. The van der Waals surface area contributed by atoms with Crippen molar-refractivity contribution < 1.29 is 22.7 Å². The van der Waals surface area contributed by atoms with Crippen molar-refractivity contribution >= 4 is 23.5 Å². The van der Waals surface area contributed by atoms with Crippen molar-refractivity contribution in [3.8, 4) is 0 Å². The fourth-order valence-corrected chi connectivity index (χ4v) is 3.23. The number of rotatable bonds is 6. The molecular formula is C16H22F3N3O2S. The van der Waals surface area contributed by atoms with E-state index in [4.69, 9.17) is 4.74 Å². The summed E-state index contributed by atoms with van der Waals surface area (Å²) in [7, 11) is 0. The number of pyridine rings is 1. The summed E-state index contributed by atoms with van der Waals surface area (Å²) in [5.41, 5.74) is 1.19. The molecule has 0 bridgehead atoms. The first kappa shape index (κ1) is 19.8. The SMILES string of the molecule is CSc1nc(N2CCOCC2)cc(C)c1C(=O)NCCCC(F)(F)F. The third-order valence-corrected chi connectivity index (χ3v) is 4.53. The van der Waals surface area contributed by atoms with Gasteiger partial charge in [-0.25, -0.2) is 4.98 Å². The van der Waals surface area contributed by atoms with Crippen LogP contribution in [0.1, 0.15) is 28.8 Å². The zero-order valence-electron chi connectivity index (χ0n) is 14.3. The molecule has 0 radical (unpaired) electrons. The Morgan fingerprint density at radius 1 is 1.40 bits per heavy atom. The van der Waals surface area contributed by atoms with Crippen LogP contribution in [-0.4, -0.2) is 56.2 Å². The number of amides is 1. The smallest absolute Gasteiger partial charge is 0.378 e. The van der Waals surface area contributed by atoms with E-state index in [-0.39, 0.29) is 18.9 Å². The fourth-order valence-electron chi connectivity index (χ4n) is 2.58. The maximum Gasteiger partial charge on any atom is 0.389 e. The van der Waals surface area contributed by atoms with Crippen molar-refractivity contribution in [1.82, 2.24) is 10.3 Å². The van der Waals surface area contributed by atoms with Gasteiger partial charge in [-0.3, -0.25) is 4.79 Å². The summed E-state index contributed by atoms with van der Waals surface area (Å²) in [6, 6.07) is 1.84. The van der Waals surface area contributed by atoms with Gasteiger partial charge in [0.15, 0.2) is 0 Å². The Kier molecular flexibility index (Phi) is 6.95. The number of thioether (sulfide) groups is 1. The van der Waals surface area contributed by atoms with E-state index in [1.807, 2.05) is 19.2 Å². The van der Waals surface area contributed by atoms with E-state index >= 15 is 0 Å². The molecule has 1 aromatic rings. The zero-order valence-corrected chi connectivity index (χ0v) is 15.1. The van der Waals surface area contributed by atoms with Crippen LogP contribution in [0.2, 0.25) is 0 Å². The number of hydrogen-bond acceptors (Lipinski definition) is 5. The van der Waals surface area contributed by atoms with E-state index in [0.717, 1.165) is 24.5 Å². The van der Waals surface area contributed by atoms with Crippen molar-refractivity contribution in [2.24, 2.45) is 0 Å². The van der Waals surface area contributed by atoms with E-state index in [1.165, 1.54) is 11.8 Å². The van der Waals surface area contributed by atoms with Gasteiger partial charge in [0.25, 0.3) is 5.91 Å². The molecule has 1 saturated heterocycles. The Labute approximate surface area is 149 Å². The molecule has 1 N–H and O–H groups in total. The monoisotopic (exact) mass is 377 g/mol. The van der Waals surface area contributed by atoms with E-state index < -0.39 is 12.6 Å². The molecule has 1 aliphatic heterocycles. The molecule has 2 rings (SSSR count). The molecule has 0 spiro atoms. The lowest BCUT2D eigenvalue weighted by Crippen LogP contribution is -2.37. The second kappa shape index (κ2) is 8.75. The Bertz CT molecular complexity index is 605. The average molecular weight is 377 g/mol. The molecule has 140 valence electrons. The summed E-state index contributed by atoms with van der Waals surface area (Å²) >= 11 is 1.35. The topological polar surface area (TPSA) is 54.5 Å². The number of alkyl halides is 3. The number of aryl methyl sites for hydroxylation is 1. The largest absolute Gasteiger partial charge is 0.389 e. The number of halogens is 3. The molecular weight excluding hydrogens is 355 g/mol. The summed E-state index contributed by atoms with van der Waals surface area (Å²) in [6.45, 7) is 4.55. The summed E-state index contributed by atoms with van der Waals surface area (Å²) in [6.07, 6.45) is -3.42. The highest BCUT2D eigenvalue weighted by atomic mass is 32.2. The second-order valence-electron chi connectivity index (χ2n) is 5.76. The summed E-state index contributed by atoms with van der Waals surface area (Å²) in [5, 5.41) is 3.14. The highest BCUT2D eigenvalue weighted by molar-refractivity contribution is 7.98. The lowest BCUT2D eigenvalue weighted by molar-refractivity contribution is -0.135. The molecule has 0 unspecified atom stereocenters. The van der Waals surface area contributed by atoms with Gasteiger partial charge in [-0.2, -0.15) is 13.2 Å². The van der Waals surface area contributed by atoms with Crippen LogP contribution in [0, 0.1) is 6.92 Å². The van der Waals surface area contributed by atoms with Gasteiger partial charge in [0.2, 0.25) is 0 Å². The summed E-state index contributed by atoms with van der Waals surface area (Å²) in [4.78, 5) is 19.0. The molecule has 25 heavy (non-hydrogen) atoms. The third-order valence-electron chi connectivity index (χ3n) is 3.85. The number of carbonyl (C=O) groups excluding carboxylic acids is 1. The van der Waals surface area contributed by atoms with E-state index in [2.05, 4.69) is 15.2 Å². The predicted octanol–water partition coefficient (Wildman–Crippen LogP) is 3.02. The van der Waals surface area contributed by atoms with Gasteiger partial charge < -0.3 is 15.0 Å². The molecule has 1 amide bonds. The van der Waals surface area contributed by atoms with Crippen molar-refractivity contribution in [2.75, 3.05) is 44.0 Å². The number of nitrogens with one attached hydrogen (secondary N) is 1. The molecule has 1 aromatic heterocycles. The molecule has 1 fully saturated rings. The van der Waals surface area contributed by atoms with Gasteiger partial charge in [0.1, 0.15) is 10.8 Å². The number of ether oxygens (including phenoxy) is 1. The third kappa shape index (κ3) is 5.78. The number of morpholine rings is 1. The van der Waals surface area contributed by atoms with E-state index in [1.54, 1.807) is 0 Å². The van der Waals surface area contributed by atoms with Crippen molar-refractivity contribution in [3.05, 3.63) is 17.2 Å². The number of aromatic nitrogens is 1. The molecule has 1 aliphatic rings. The minimum Gasteiger partial charge on any atom is -0.378 e. The van der Waals surface area contributed by atoms with Crippen LogP contribution in [0.4, 0.5) is 19.0 Å². The molecule has 5 nitrogen and oxygen atoms in total. The van der Waals surface area contributed by atoms with Gasteiger partial charge in [-0.15, -0.1) is 11.8 Å². The number of carbonyl (C=O) groups is 1. The minimum absolute atomic E-state index is 0.0170. The van der Waals surface area contributed by atoms with Crippen LogP contribution >= 0.6 is 11.8 Å². The van der Waals surface area contributed by atoms with E-state index in [0.29, 0.717) is 23.8 Å². The van der Waals surface area contributed by atoms with Crippen LogP contribution in [0.5, 0.6) is 0 Å². The molecule has 9 heteroatoms. The highest BCUT2D eigenvalue weighted by Gasteiger charge is 2.26. The summed E-state index contributed by atoms with van der Waals surface area (Å²) in [5.74, 6) is 0.406. The molecule has 0 aromatic carbocycles. The van der Waals surface area contributed by atoms with Gasteiger partial charge in [0.05, 0.1) is 18.8 Å². The first-order chi connectivity index (χ1) is 11.8. The van der Waals surface area contributed by atoms with Crippen LogP contribution in [0.3, 0.4) is 0 Å². The fraction of sp³-hybridized carbons (Fsp3) is 0.625. The Hall–Kier alpha value is -1.48. The molecule has 0 atom stereocenters. The molecule has 0 aliphatic carbocycles. The van der Waals surface area contributed by atoms with Gasteiger partial charge in [-0.1, -0.05) is 0 Å². The number of anilines is 1. The normalized spacial score (nSPS) is 15.3. The molecule has 0 saturated carbocycles.